The van der Waals surface area contributed by atoms with Gasteiger partial charge >= 0.3 is 0 Å². The molecule has 0 unspecified atom stereocenters. The third-order valence-corrected chi connectivity index (χ3v) is 1.86. The molecule has 1 rings (SSSR count). The Morgan fingerprint density at radius 3 is 3.00 bits per heavy atom. The van der Waals surface area contributed by atoms with Crippen molar-refractivity contribution in [3.63, 3.8) is 0 Å². The van der Waals surface area contributed by atoms with Crippen molar-refractivity contribution in [2.75, 3.05) is 0 Å². The summed E-state index contributed by atoms with van der Waals surface area (Å²) in [7, 11) is 0. The van der Waals surface area contributed by atoms with Gasteiger partial charge in [-0.05, 0) is 19.4 Å². The van der Waals surface area contributed by atoms with Crippen LogP contribution in [0, 0.1) is 0 Å². The average Bonchev–Trinajstić information content (AvgIpc) is 2.37. The number of thiazole rings is 1. The number of hydrogen-bond donors (Lipinski definition) is 0. The molecular formula is C7H9NS. The van der Waals surface area contributed by atoms with E-state index in [4.69, 9.17) is 0 Å². The van der Waals surface area contributed by atoms with Crippen molar-refractivity contribution in [1.82, 2.24) is 4.98 Å². The highest BCUT2D eigenvalue weighted by Gasteiger charge is 1.92. The van der Waals surface area contributed by atoms with Crippen LogP contribution in [0.4, 0.5) is 0 Å². The highest BCUT2D eigenvalue weighted by atomic mass is 32.1. The summed E-state index contributed by atoms with van der Waals surface area (Å²) in [6.45, 7) is 4.09. The monoisotopic (exact) mass is 139 g/mol. The van der Waals surface area contributed by atoms with Gasteiger partial charge in [0.1, 0.15) is 0 Å². The zero-order chi connectivity index (χ0) is 6.69. The van der Waals surface area contributed by atoms with Gasteiger partial charge < -0.3 is 0 Å². The van der Waals surface area contributed by atoms with E-state index in [0.29, 0.717) is 0 Å². The van der Waals surface area contributed by atoms with Crippen molar-refractivity contribution in [2.24, 2.45) is 0 Å². The van der Waals surface area contributed by atoms with Gasteiger partial charge in [-0.15, -0.1) is 11.3 Å². The number of hydrogen-bond acceptors (Lipinski definition) is 2. The Kier molecular flexibility index (Phi) is 2.01. The summed E-state index contributed by atoms with van der Waals surface area (Å²) in [5.74, 6) is 0. The molecule has 0 aliphatic carbocycles. The Morgan fingerprint density at radius 1 is 1.78 bits per heavy atom. The lowest BCUT2D eigenvalue weighted by atomic mass is 10.2. The lowest BCUT2D eigenvalue weighted by molar-refractivity contribution is 1.34. The Morgan fingerprint density at radius 2 is 2.56 bits per heavy atom. The molecule has 0 N–H and O–H groups in total. The minimum absolute atomic E-state index is 1.10. The van der Waals surface area contributed by atoms with Gasteiger partial charge in [0.05, 0.1) is 11.2 Å². The van der Waals surface area contributed by atoms with Crippen LogP contribution in [-0.2, 0) is 0 Å². The highest BCUT2D eigenvalue weighted by Crippen LogP contribution is 2.11. The maximum atomic E-state index is 4.14. The molecule has 0 radical (unpaired) electrons. The van der Waals surface area contributed by atoms with Crippen molar-refractivity contribution < 1.29 is 0 Å². The molecule has 1 aromatic heterocycles. The van der Waals surface area contributed by atoms with Gasteiger partial charge in [0.2, 0.25) is 0 Å². The molecule has 1 heterocycles. The fraction of sp³-hybridized carbons (Fsp3) is 0.286. The molecule has 9 heavy (non-hydrogen) atoms. The molecule has 0 aliphatic rings. The van der Waals surface area contributed by atoms with Crippen molar-refractivity contribution in [3.05, 3.63) is 22.7 Å². The zero-order valence-electron chi connectivity index (χ0n) is 5.59. The molecule has 0 fully saturated rings. The van der Waals surface area contributed by atoms with Crippen molar-refractivity contribution in [1.29, 1.82) is 0 Å². The molecule has 0 amide bonds. The van der Waals surface area contributed by atoms with Gasteiger partial charge in [-0.2, -0.15) is 0 Å². The largest absolute Gasteiger partial charge is 0.245 e. The average molecular weight is 139 g/mol. The SMILES string of the molecule is C/C=C(\C)c1cscn1. The van der Waals surface area contributed by atoms with Gasteiger partial charge in [-0.25, -0.2) is 4.98 Å². The van der Waals surface area contributed by atoms with Gasteiger partial charge in [0.15, 0.2) is 0 Å². The predicted molar refractivity (Wildman–Crippen MR) is 41.4 cm³/mol. The highest BCUT2D eigenvalue weighted by molar-refractivity contribution is 7.07. The van der Waals surface area contributed by atoms with Crippen LogP contribution in [-0.4, -0.2) is 4.98 Å². The molecule has 2 heteroatoms. The van der Waals surface area contributed by atoms with Crippen molar-refractivity contribution in [2.45, 2.75) is 13.8 Å². The van der Waals surface area contributed by atoms with Crippen molar-refractivity contribution >= 4 is 16.9 Å². The third kappa shape index (κ3) is 1.39. The Bertz CT molecular complexity index is 199. The molecular weight excluding hydrogens is 130 g/mol. The summed E-state index contributed by atoms with van der Waals surface area (Å²) in [6.07, 6.45) is 2.06. The first-order valence-electron chi connectivity index (χ1n) is 2.86. The van der Waals surface area contributed by atoms with Gasteiger partial charge in [-0.3, -0.25) is 0 Å². The molecule has 0 saturated carbocycles. The van der Waals surface area contributed by atoms with Crippen LogP contribution < -0.4 is 0 Å². The summed E-state index contributed by atoms with van der Waals surface area (Å²) in [6, 6.07) is 0. The van der Waals surface area contributed by atoms with Gasteiger partial charge in [-0.1, -0.05) is 6.08 Å². The molecule has 0 aromatic carbocycles. The molecule has 0 bridgehead atoms. The second-order valence-corrected chi connectivity index (χ2v) is 2.56. The van der Waals surface area contributed by atoms with E-state index in [1.54, 1.807) is 11.3 Å². The fourth-order valence-corrected chi connectivity index (χ4v) is 1.17. The molecule has 1 nitrogen and oxygen atoms in total. The van der Waals surface area contributed by atoms with Crippen LogP contribution in [0.3, 0.4) is 0 Å². The van der Waals surface area contributed by atoms with E-state index >= 15 is 0 Å². The lowest BCUT2D eigenvalue weighted by Crippen LogP contribution is -1.74. The molecule has 0 atom stereocenters. The molecule has 0 saturated heterocycles. The topological polar surface area (TPSA) is 12.9 Å². The van der Waals surface area contributed by atoms with Gasteiger partial charge in [0.25, 0.3) is 0 Å². The Labute approximate surface area is 59.1 Å². The first kappa shape index (κ1) is 6.49. The number of rotatable bonds is 1. The van der Waals surface area contributed by atoms with E-state index in [1.165, 1.54) is 5.57 Å². The maximum absolute atomic E-state index is 4.14. The molecule has 0 spiro atoms. The van der Waals surface area contributed by atoms with E-state index in [0.717, 1.165) is 5.69 Å². The van der Waals surface area contributed by atoms with E-state index in [9.17, 15) is 0 Å². The summed E-state index contributed by atoms with van der Waals surface area (Å²) < 4.78 is 0. The normalized spacial score (nSPS) is 12.0. The van der Waals surface area contributed by atoms with Crippen LogP contribution in [0.1, 0.15) is 19.5 Å². The summed E-state index contributed by atoms with van der Waals surface area (Å²) in [5, 5.41) is 2.05. The van der Waals surface area contributed by atoms with Crippen LogP contribution in [0.25, 0.3) is 5.57 Å². The zero-order valence-corrected chi connectivity index (χ0v) is 6.40. The van der Waals surface area contributed by atoms with E-state index < -0.39 is 0 Å². The minimum atomic E-state index is 1.10. The van der Waals surface area contributed by atoms with E-state index in [2.05, 4.69) is 23.4 Å². The quantitative estimate of drug-likeness (QED) is 0.582. The predicted octanol–water partition coefficient (Wildman–Crippen LogP) is 2.57. The molecule has 1 aromatic rings. The van der Waals surface area contributed by atoms with E-state index in [-0.39, 0.29) is 0 Å². The Hall–Kier alpha value is -0.630. The number of aromatic nitrogens is 1. The summed E-state index contributed by atoms with van der Waals surface area (Å²) in [4.78, 5) is 4.14. The third-order valence-electron chi connectivity index (χ3n) is 1.27. The molecule has 0 aliphatic heterocycles. The van der Waals surface area contributed by atoms with Gasteiger partial charge in [0, 0.05) is 5.38 Å². The van der Waals surface area contributed by atoms with Crippen molar-refractivity contribution in [3.8, 4) is 0 Å². The standard InChI is InChI=1S/C7H9NS/c1-3-6(2)7-4-9-5-8-7/h3-5H,1-2H3/b6-3+. The summed E-state index contributed by atoms with van der Waals surface area (Å²) >= 11 is 1.63. The summed E-state index contributed by atoms with van der Waals surface area (Å²) in [5.41, 5.74) is 4.20. The van der Waals surface area contributed by atoms with E-state index in [1.807, 2.05) is 12.4 Å². The minimum Gasteiger partial charge on any atom is -0.245 e. The smallest absolute Gasteiger partial charge is 0.0798 e. The van der Waals surface area contributed by atoms with Crippen LogP contribution in [0.2, 0.25) is 0 Å². The number of nitrogens with zero attached hydrogens (tertiary/aromatic N) is 1. The lowest BCUT2D eigenvalue weighted by Gasteiger charge is -1.89. The molecule has 48 valence electrons. The number of allylic oxidation sites excluding steroid dienone is 2. The van der Waals surface area contributed by atoms with Crippen LogP contribution in [0.5, 0.6) is 0 Å². The Balaban J connectivity index is 2.90. The van der Waals surface area contributed by atoms with Crippen LogP contribution in [0.15, 0.2) is 17.0 Å². The second kappa shape index (κ2) is 2.78. The fourth-order valence-electron chi connectivity index (χ4n) is 0.555. The second-order valence-electron chi connectivity index (χ2n) is 1.85. The first-order chi connectivity index (χ1) is 4.34. The maximum Gasteiger partial charge on any atom is 0.0798 e. The van der Waals surface area contributed by atoms with Crippen LogP contribution >= 0.6 is 11.3 Å². The first-order valence-corrected chi connectivity index (χ1v) is 3.80.